The van der Waals surface area contributed by atoms with Gasteiger partial charge in [0.15, 0.2) is 0 Å². The molecule has 0 saturated carbocycles. The Morgan fingerprint density at radius 2 is 2.10 bits per heavy atom. The summed E-state index contributed by atoms with van der Waals surface area (Å²) < 4.78 is 5.60. The van der Waals surface area contributed by atoms with E-state index in [2.05, 4.69) is 28.9 Å². The van der Waals surface area contributed by atoms with Crippen LogP contribution in [0.1, 0.15) is 24.1 Å². The van der Waals surface area contributed by atoms with Crippen LogP contribution in [-0.4, -0.2) is 29.0 Å². The lowest BCUT2D eigenvalue weighted by Gasteiger charge is -2.21. The predicted octanol–water partition coefficient (Wildman–Crippen LogP) is 2.99. The van der Waals surface area contributed by atoms with Crippen LogP contribution < -0.4 is 5.73 Å². The van der Waals surface area contributed by atoms with Gasteiger partial charge in [-0.1, -0.05) is 17.7 Å². The first-order valence-corrected chi connectivity index (χ1v) is 7.22. The van der Waals surface area contributed by atoms with Crippen LogP contribution in [-0.2, 0) is 6.54 Å². The van der Waals surface area contributed by atoms with Crippen molar-refractivity contribution in [2.24, 2.45) is 5.73 Å². The SMILES string of the molecule is Cc1ccc(-c2nc(CN3CCCC3CN)co2)cc1.Cl. The molecular weight excluding hydrogens is 286 g/mol. The number of hydrogen-bond acceptors (Lipinski definition) is 4. The quantitative estimate of drug-likeness (QED) is 0.943. The van der Waals surface area contributed by atoms with E-state index in [1.54, 1.807) is 6.26 Å². The van der Waals surface area contributed by atoms with Crippen LogP contribution in [0.15, 0.2) is 34.9 Å². The largest absolute Gasteiger partial charge is 0.444 e. The molecule has 5 heteroatoms. The third-order valence-electron chi connectivity index (χ3n) is 3.99. The maximum absolute atomic E-state index is 5.80. The van der Waals surface area contributed by atoms with Gasteiger partial charge in [0, 0.05) is 24.7 Å². The molecule has 114 valence electrons. The fourth-order valence-corrected chi connectivity index (χ4v) is 2.79. The van der Waals surface area contributed by atoms with E-state index >= 15 is 0 Å². The highest BCUT2D eigenvalue weighted by molar-refractivity contribution is 5.85. The summed E-state index contributed by atoms with van der Waals surface area (Å²) in [6.45, 7) is 4.74. The zero-order chi connectivity index (χ0) is 13.9. The summed E-state index contributed by atoms with van der Waals surface area (Å²) in [4.78, 5) is 6.99. The molecule has 3 rings (SSSR count). The number of benzene rings is 1. The Labute approximate surface area is 131 Å². The molecule has 2 N–H and O–H groups in total. The summed E-state index contributed by atoms with van der Waals surface area (Å²) in [6.07, 6.45) is 4.19. The molecule has 0 radical (unpaired) electrons. The highest BCUT2D eigenvalue weighted by Gasteiger charge is 2.24. The van der Waals surface area contributed by atoms with Crippen molar-refractivity contribution in [2.75, 3.05) is 13.1 Å². The molecule has 1 aliphatic rings. The molecule has 1 saturated heterocycles. The number of rotatable bonds is 4. The molecule has 0 bridgehead atoms. The Bertz CT molecular complexity index is 567. The second-order valence-corrected chi connectivity index (χ2v) is 5.51. The zero-order valence-corrected chi connectivity index (χ0v) is 13.1. The monoisotopic (exact) mass is 307 g/mol. The summed E-state index contributed by atoms with van der Waals surface area (Å²) in [7, 11) is 0. The zero-order valence-electron chi connectivity index (χ0n) is 12.3. The Morgan fingerprint density at radius 3 is 2.81 bits per heavy atom. The fraction of sp³-hybridized carbons (Fsp3) is 0.438. The first kappa shape index (κ1) is 16.0. The van der Waals surface area contributed by atoms with E-state index < -0.39 is 0 Å². The maximum Gasteiger partial charge on any atom is 0.226 e. The van der Waals surface area contributed by atoms with E-state index in [0.717, 1.165) is 30.9 Å². The van der Waals surface area contributed by atoms with Gasteiger partial charge in [0.05, 0.1) is 5.69 Å². The van der Waals surface area contributed by atoms with E-state index in [4.69, 9.17) is 10.2 Å². The molecule has 4 nitrogen and oxygen atoms in total. The second kappa shape index (κ2) is 7.07. The number of aromatic nitrogens is 1. The van der Waals surface area contributed by atoms with Crippen LogP contribution in [0.5, 0.6) is 0 Å². The van der Waals surface area contributed by atoms with E-state index in [-0.39, 0.29) is 12.4 Å². The first-order chi connectivity index (χ1) is 9.76. The molecule has 1 unspecified atom stereocenters. The van der Waals surface area contributed by atoms with Gasteiger partial charge >= 0.3 is 0 Å². The van der Waals surface area contributed by atoms with Crippen LogP contribution in [0.2, 0.25) is 0 Å². The average molecular weight is 308 g/mol. The molecule has 2 aromatic rings. The van der Waals surface area contributed by atoms with Crippen molar-refractivity contribution in [3.8, 4) is 11.5 Å². The van der Waals surface area contributed by atoms with Crippen LogP contribution in [0, 0.1) is 6.92 Å². The molecule has 1 aromatic heterocycles. The number of nitrogens with two attached hydrogens (primary N) is 1. The number of oxazole rings is 1. The number of nitrogens with zero attached hydrogens (tertiary/aromatic N) is 2. The van der Waals surface area contributed by atoms with Gasteiger partial charge in [-0.25, -0.2) is 4.98 Å². The normalized spacial score (nSPS) is 18.7. The molecule has 0 amide bonds. The van der Waals surface area contributed by atoms with Crippen LogP contribution >= 0.6 is 12.4 Å². The minimum atomic E-state index is 0. The van der Waals surface area contributed by atoms with Gasteiger partial charge in [0.25, 0.3) is 0 Å². The van der Waals surface area contributed by atoms with Gasteiger partial charge in [0.1, 0.15) is 6.26 Å². The molecule has 0 spiro atoms. The number of aryl methyl sites for hydroxylation is 1. The lowest BCUT2D eigenvalue weighted by atomic mass is 10.1. The Balaban J connectivity index is 0.00000161. The van der Waals surface area contributed by atoms with Crippen molar-refractivity contribution in [1.82, 2.24) is 9.88 Å². The molecule has 1 aliphatic heterocycles. The van der Waals surface area contributed by atoms with Crippen LogP contribution in [0.25, 0.3) is 11.5 Å². The predicted molar refractivity (Wildman–Crippen MR) is 86.4 cm³/mol. The summed E-state index contributed by atoms with van der Waals surface area (Å²) in [5, 5.41) is 0. The average Bonchev–Trinajstić information content (AvgIpc) is 3.09. The van der Waals surface area contributed by atoms with Crippen LogP contribution in [0.4, 0.5) is 0 Å². The van der Waals surface area contributed by atoms with Crippen LogP contribution in [0.3, 0.4) is 0 Å². The molecule has 1 atom stereocenters. The minimum absolute atomic E-state index is 0. The molecule has 2 heterocycles. The summed E-state index contributed by atoms with van der Waals surface area (Å²) in [5.74, 6) is 0.698. The number of halogens is 1. The topological polar surface area (TPSA) is 55.3 Å². The summed E-state index contributed by atoms with van der Waals surface area (Å²) >= 11 is 0. The highest BCUT2D eigenvalue weighted by Crippen LogP contribution is 2.22. The highest BCUT2D eigenvalue weighted by atomic mass is 35.5. The second-order valence-electron chi connectivity index (χ2n) is 5.51. The molecule has 1 fully saturated rings. The summed E-state index contributed by atoms with van der Waals surface area (Å²) in [6, 6.07) is 8.73. The smallest absolute Gasteiger partial charge is 0.226 e. The van der Waals surface area contributed by atoms with Gasteiger partial charge in [-0.3, -0.25) is 4.90 Å². The molecule has 1 aromatic carbocycles. The van der Waals surface area contributed by atoms with Crippen molar-refractivity contribution >= 4 is 12.4 Å². The van der Waals surface area contributed by atoms with Crippen molar-refractivity contribution in [3.63, 3.8) is 0 Å². The van der Waals surface area contributed by atoms with Crippen molar-refractivity contribution < 1.29 is 4.42 Å². The number of likely N-dealkylation sites (tertiary alicyclic amines) is 1. The van der Waals surface area contributed by atoms with Crippen molar-refractivity contribution in [1.29, 1.82) is 0 Å². The van der Waals surface area contributed by atoms with E-state index in [0.29, 0.717) is 11.9 Å². The lowest BCUT2D eigenvalue weighted by molar-refractivity contribution is 0.247. The summed E-state index contributed by atoms with van der Waals surface area (Å²) in [5.41, 5.74) is 9.06. The maximum atomic E-state index is 5.80. The van der Waals surface area contributed by atoms with Gasteiger partial charge in [-0.15, -0.1) is 12.4 Å². The Hall–Kier alpha value is -1.36. The first-order valence-electron chi connectivity index (χ1n) is 7.22. The van der Waals surface area contributed by atoms with Crippen molar-refractivity contribution in [3.05, 3.63) is 41.8 Å². The van der Waals surface area contributed by atoms with Gasteiger partial charge in [-0.2, -0.15) is 0 Å². The van der Waals surface area contributed by atoms with Gasteiger partial charge in [-0.05, 0) is 38.4 Å². The Morgan fingerprint density at radius 1 is 1.33 bits per heavy atom. The van der Waals surface area contributed by atoms with E-state index in [1.807, 2.05) is 12.1 Å². The third-order valence-corrected chi connectivity index (χ3v) is 3.99. The standard InChI is InChI=1S/C16H21N3O.ClH/c1-12-4-6-13(7-5-12)16-18-14(11-20-16)10-19-8-2-3-15(19)9-17;/h4-7,11,15H,2-3,8-10,17H2,1H3;1H. The van der Waals surface area contributed by atoms with Crippen molar-refractivity contribution in [2.45, 2.75) is 32.4 Å². The van der Waals surface area contributed by atoms with E-state index in [9.17, 15) is 0 Å². The fourth-order valence-electron chi connectivity index (χ4n) is 2.79. The lowest BCUT2D eigenvalue weighted by Crippen LogP contribution is -2.34. The van der Waals surface area contributed by atoms with Gasteiger partial charge < -0.3 is 10.2 Å². The Kier molecular flexibility index (Phi) is 5.39. The van der Waals surface area contributed by atoms with Gasteiger partial charge in [0.2, 0.25) is 5.89 Å². The van der Waals surface area contributed by atoms with E-state index in [1.165, 1.54) is 18.4 Å². The minimum Gasteiger partial charge on any atom is -0.444 e. The number of hydrogen-bond donors (Lipinski definition) is 1. The third kappa shape index (κ3) is 3.64. The molecule has 21 heavy (non-hydrogen) atoms. The molecular formula is C16H22ClN3O. The molecule has 0 aliphatic carbocycles.